The van der Waals surface area contributed by atoms with E-state index in [-0.39, 0.29) is 5.91 Å². The van der Waals surface area contributed by atoms with Crippen molar-refractivity contribution in [3.8, 4) is 0 Å². The molecule has 0 saturated heterocycles. The van der Waals surface area contributed by atoms with Crippen molar-refractivity contribution < 1.29 is 4.79 Å². The minimum absolute atomic E-state index is 0.0952. The van der Waals surface area contributed by atoms with Gasteiger partial charge in [-0.2, -0.15) is 0 Å². The van der Waals surface area contributed by atoms with Gasteiger partial charge >= 0.3 is 0 Å². The predicted octanol–water partition coefficient (Wildman–Crippen LogP) is 0.431. The summed E-state index contributed by atoms with van der Waals surface area (Å²) in [6.45, 7) is 0.417. The van der Waals surface area contributed by atoms with Gasteiger partial charge in [-0.25, -0.2) is 0 Å². The Labute approximate surface area is 73.2 Å². The standard InChI is InChI=1S/C9H16N2O/c1-10-7-9(12)11-8-5-3-2-4-6-8/h2-3,8,10H,4-7H2,1H3,(H,11,12). The van der Waals surface area contributed by atoms with Gasteiger partial charge in [0.05, 0.1) is 6.54 Å². The molecule has 3 heteroatoms. The molecular formula is C9H16N2O. The fourth-order valence-corrected chi connectivity index (χ4v) is 1.36. The Morgan fingerprint density at radius 1 is 1.58 bits per heavy atom. The predicted molar refractivity (Wildman–Crippen MR) is 48.8 cm³/mol. The Hall–Kier alpha value is -0.830. The molecule has 3 nitrogen and oxygen atoms in total. The van der Waals surface area contributed by atoms with Crippen molar-refractivity contribution in [3.05, 3.63) is 12.2 Å². The first-order chi connectivity index (χ1) is 5.83. The molecule has 0 aromatic rings. The maximum absolute atomic E-state index is 11.1. The molecule has 12 heavy (non-hydrogen) atoms. The van der Waals surface area contributed by atoms with Crippen molar-refractivity contribution in [3.63, 3.8) is 0 Å². The van der Waals surface area contributed by atoms with Gasteiger partial charge in [0.15, 0.2) is 0 Å². The molecule has 0 radical (unpaired) electrons. The molecule has 0 heterocycles. The first kappa shape index (κ1) is 9.26. The molecule has 0 bridgehead atoms. The fourth-order valence-electron chi connectivity index (χ4n) is 1.36. The van der Waals surface area contributed by atoms with Crippen LogP contribution in [0.3, 0.4) is 0 Å². The maximum atomic E-state index is 11.1. The van der Waals surface area contributed by atoms with Crippen molar-refractivity contribution >= 4 is 5.91 Å². The van der Waals surface area contributed by atoms with Gasteiger partial charge in [-0.15, -0.1) is 0 Å². The molecule has 1 rings (SSSR count). The van der Waals surface area contributed by atoms with E-state index in [4.69, 9.17) is 0 Å². The van der Waals surface area contributed by atoms with Crippen molar-refractivity contribution in [1.29, 1.82) is 0 Å². The van der Waals surface area contributed by atoms with Gasteiger partial charge in [0.1, 0.15) is 0 Å². The topological polar surface area (TPSA) is 41.1 Å². The molecule has 0 saturated carbocycles. The number of nitrogens with one attached hydrogen (secondary N) is 2. The van der Waals surface area contributed by atoms with E-state index in [1.54, 1.807) is 7.05 Å². The molecule has 0 aromatic heterocycles. The summed E-state index contributed by atoms with van der Waals surface area (Å²) < 4.78 is 0. The van der Waals surface area contributed by atoms with Crippen LogP contribution in [0.4, 0.5) is 0 Å². The van der Waals surface area contributed by atoms with Crippen molar-refractivity contribution in [1.82, 2.24) is 10.6 Å². The Kier molecular flexibility index (Phi) is 3.80. The molecule has 0 aliphatic heterocycles. The van der Waals surface area contributed by atoms with Gasteiger partial charge in [-0.1, -0.05) is 12.2 Å². The van der Waals surface area contributed by atoms with E-state index in [1.807, 2.05) is 0 Å². The lowest BCUT2D eigenvalue weighted by atomic mass is 10.0. The van der Waals surface area contributed by atoms with E-state index in [1.165, 1.54) is 0 Å². The van der Waals surface area contributed by atoms with Crippen molar-refractivity contribution in [2.24, 2.45) is 0 Å². The zero-order valence-corrected chi connectivity index (χ0v) is 7.47. The Balaban J connectivity index is 2.21. The summed E-state index contributed by atoms with van der Waals surface area (Å²) in [5.41, 5.74) is 0. The number of hydrogen-bond donors (Lipinski definition) is 2. The summed E-state index contributed by atoms with van der Waals surface area (Å²) in [6.07, 6.45) is 7.44. The molecule has 68 valence electrons. The van der Waals surface area contributed by atoms with Crippen LogP contribution in [0.5, 0.6) is 0 Å². The molecule has 0 fully saturated rings. The van der Waals surface area contributed by atoms with Crippen LogP contribution in [0, 0.1) is 0 Å². The SMILES string of the molecule is CNCC(=O)NC1CC=CCC1. The summed E-state index contributed by atoms with van der Waals surface area (Å²) in [5.74, 6) is 0.0952. The van der Waals surface area contributed by atoms with Crippen LogP contribution in [0.25, 0.3) is 0 Å². The Bertz CT molecular complexity index is 177. The van der Waals surface area contributed by atoms with E-state index in [0.717, 1.165) is 19.3 Å². The average molecular weight is 168 g/mol. The molecule has 1 aliphatic carbocycles. The zero-order chi connectivity index (χ0) is 8.81. The van der Waals surface area contributed by atoms with Crippen molar-refractivity contribution in [2.45, 2.75) is 25.3 Å². The molecule has 1 aliphatic rings. The van der Waals surface area contributed by atoms with Crippen LogP contribution in [-0.2, 0) is 4.79 Å². The number of rotatable bonds is 3. The monoisotopic (exact) mass is 168 g/mol. The summed E-state index contributed by atoms with van der Waals surface area (Å²) in [4.78, 5) is 11.1. The van der Waals surface area contributed by atoms with Gasteiger partial charge in [-0.3, -0.25) is 4.79 Å². The molecule has 1 amide bonds. The molecule has 1 unspecified atom stereocenters. The third-order valence-corrected chi connectivity index (χ3v) is 1.97. The second kappa shape index (κ2) is 4.93. The molecule has 1 atom stereocenters. The van der Waals surface area contributed by atoms with E-state index in [9.17, 15) is 4.79 Å². The fraction of sp³-hybridized carbons (Fsp3) is 0.667. The average Bonchev–Trinajstić information content (AvgIpc) is 2.06. The number of likely N-dealkylation sites (N-methyl/N-ethyl adjacent to an activating group) is 1. The number of allylic oxidation sites excluding steroid dienone is 1. The molecular weight excluding hydrogens is 152 g/mol. The first-order valence-electron chi connectivity index (χ1n) is 4.42. The Morgan fingerprint density at radius 3 is 3.00 bits per heavy atom. The summed E-state index contributed by atoms with van der Waals surface area (Å²) >= 11 is 0. The van der Waals surface area contributed by atoms with Crippen LogP contribution in [0.1, 0.15) is 19.3 Å². The van der Waals surface area contributed by atoms with Gasteiger partial charge in [0, 0.05) is 6.04 Å². The van der Waals surface area contributed by atoms with E-state index < -0.39 is 0 Å². The number of amides is 1. The smallest absolute Gasteiger partial charge is 0.234 e. The van der Waals surface area contributed by atoms with E-state index in [0.29, 0.717) is 12.6 Å². The number of carbonyl (C=O) groups is 1. The number of carbonyl (C=O) groups excluding carboxylic acids is 1. The van der Waals surface area contributed by atoms with Gasteiger partial charge in [0.25, 0.3) is 0 Å². The lowest BCUT2D eigenvalue weighted by Crippen LogP contribution is -2.39. The zero-order valence-electron chi connectivity index (χ0n) is 7.47. The van der Waals surface area contributed by atoms with Gasteiger partial charge in [0.2, 0.25) is 5.91 Å². The van der Waals surface area contributed by atoms with Crippen LogP contribution >= 0.6 is 0 Å². The highest BCUT2D eigenvalue weighted by atomic mass is 16.1. The Morgan fingerprint density at radius 2 is 2.42 bits per heavy atom. The third kappa shape index (κ3) is 3.05. The lowest BCUT2D eigenvalue weighted by molar-refractivity contribution is -0.120. The second-order valence-corrected chi connectivity index (χ2v) is 3.08. The lowest BCUT2D eigenvalue weighted by Gasteiger charge is -2.18. The molecule has 0 aromatic carbocycles. The number of hydrogen-bond acceptors (Lipinski definition) is 2. The summed E-state index contributed by atoms with van der Waals surface area (Å²) in [6, 6.07) is 0.357. The largest absolute Gasteiger partial charge is 0.352 e. The van der Waals surface area contributed by atoms with Crippen molar-refractivity contribution in [2.75, 3.05) is 13.6 Å². The molecule has 0 spiro atoms. The highest BCUT2D eigenvalue weighted by molar-refractivity contribution is 5.78. The van der Waals surface area contributed by atoms with Crippen LogP contribution < -0.4 is 10.6 Å². The normalized spacial score (nSPS) is 22.2. The maximum Gasteiger partial charge on any atom is 0.234 e. The molecule has 2 N–H and O–H groups in total. The minimum Gasteiger partial charge on any atom is -0.352 e. The first-order valence-corrected chi connectivity index (χ1v) is 4.42. The van der Waals surface area contributed by atoms with Gasteiger partial charge < -0.3 is 10.6 Å². The van der Waals surface area contributed by atoms with Crippen LogP contribution in [0.2, 0.25) is 0 Å². The summed E-state index contributed by atoms with van der Waals surface area (Å²) in [5, 5.41) is 5.79. The minimum atomic E-state index is 0.0952. The van der Waals surface area contributed by atoms with E-state index in [2.05, 4.69) is 22.8 Å². The van der Waals surface area contributed by atoms with Gasteiger partial charge in [-0.05, 0) is 26.3 Å². The highest BCUT2D eigenvalue weighted by Crippen LogP contribution is 2.09. The third-order valence-electron chi connectivity index (χ3n) is 1.97. The highest BCUT2D eigenvalue weighted by Gasteiger charge is 2.11. The summed E-state index contributed by atoms with van der Waals surface area (Å²) in [7, 11) is 1.78. The second-order valence-electron chi connectivity index (χ2n) is 3.08. The van der Waals surface area contributed by atoms with E-state index >= 15 is 0 Å². The van der Waals surface area contributed by atoms with Crippen LogP contribution in [-0.4, -0.2) is 25.5 Å². The van der Waals surface area contributed by atoms with Crippen LogP contribution in [0.15, 0.2) is 12.2 Å². The quantitative estimate of drug-likeness (QED) is 0.600.